The first-order valence-electron chi connectivity index (χ1n) is 9.76. The summed E-state index contributed by atoms with van der Waals surface area (Å²) in [6, 6.07) is 20.6. The molecule has 1 aliphatic carbocycles. The highest BCUT2D eigenvalue weighted by Gasteiger charge is 2.19. The Morgan fingerprint density at radius 2 is 1.63 bits per heavy atom. The van der Waals surface area contributed by atoms with E-state index in [4.69, 9.17) is 10.4 Å². The summed E-state index contributed by atoms with van der Waals surface area (Å²) in [6.07, 6.45) is 2.18. The number of anilines is 2. The van der Waals surface area contributed by atoms with Gasteiger partial charge in [-0.25, -0.2) is 4.98 Å². The van der Waals surface area contributed by atoms with Gasteiger partial charge in [0.15, 0.2) is 0 Å². The van der Waals surface area contributed by atoms with Gasteiger partial charge < -0.3 is 9.88 Å². The predicted octanol–water partition coefficient (Wildman–Crippen LogP) is 5.92. The Morgan fingerprint density at radius 3 is 2.37 bits per heavy atom. The highest BCUT2D eigenvalue weighted by atomic mass is 127. The molecule has 0 fully saturated rings. The van der Waals surface area contributed by atoms with Crippen molar-refractivity contribution in [3.8, 4) is 17.1 Å². The van der Waals surface area contributed by atoms with Gasteiger partial charge in [0.2, 0.25) is 0 Å². The lowest BCUT2D eigenvalue weighted by atomic mass is 10.1. The first-order valence-corrected chi connectivity index (χ1v) is 12.3. The quantitative estimate of drug-likeness (QED) is 0.341. The Balaban J connectivity index is 1.71. The molecule has 0 amide bonds. The van der Waals surface area contributed by atoms with E-state index in [1.165, 1.54) is 11.1 Å². The second-order valence-corrected chi connectivity index (χ2v) is 9.52. The number of fused-ring (bicyclic) bond motifs is 2. The summed E-state index contributed by atoms with van der Waals surface area (Å²) in [5, 5.41) is 12.5. The zero-order chi connectivity index (χ0) is 20.7. The lowest BCUT2D eigenvalue weighted by Gasteiger charge is -2.22. The van der Waals surface area contributed by atoms with Gasteiger partial charge in [0.1, 0.15) is 0 Å². The molecule has 2 N–H and O–H groups in total. The third-order valence-corrected chi connectivity index (χ3v) is 6.91. The molecule has 0 saturated heterocycles. The molecular weight excluding hydrogens is 483 g/mol. The summed E-state index contributed by atoms with van der Waals surface area (Å²) in [6.45, 7) is 4.16. The Bertz CT molecular complexity index is 1330. The number of nitrogens with one attached hydrogen (secondary N) is 2. The van der Waals surface area contributed by atoms with E-state index in [0.717, 1.165) is 39.8 Å². The fourth-order valence-electron chi connectivity index (χ4n) is 3.58. The van der Waals surface area contributed by atoms with E-state index in [-0.39, 0.29) is 20.7 Å². The monoisotopic (exact) mass is 504 g/mol. The topological polar surface area (TPSA) is 53.7 Å². The molecule has 2 heterocycles. The second kappa shape index (κ2) is 7.65. The van der Waals surface area contributed by atoms with E-state index < -0.39 is 0 Å². The predicted molar refractivity (Wildman–Crippen MR) is 133 cm³/mol. The van der Waals surface area contributed by atoms with Crippen LogP contribution in [0.4, 0.5) is 11.4 Å². The van der Waals surface area contributed by atoms with Gasteiger partial charge in [0.05, 0.1) is 33.8 Å². The van der Waals surface area contributed by atoms with E-state index >= 15 is 0 Å². The molecule has 30 heavy (non-hydrogen) atoms. The van der Waals surface area contributed by atoms with Gasteiger partial charge in [-0.3, -0.25) is 5.41 Å². The molecule has 3 aliphatic rings. The molecule has 4 nitrogen and oxygen atoms in total. The maximum Gasteiger partial charge on any atom is 0.0935 e. The summed E-state index contributed by atoms with van der Waals surface area (Å²) >= 11 is -0.111. The molecular formula is C25H21IN4. The Kier molecular flexibility index (Phi) is 4.83. The first kappa shape index (κ1) is 18.9. The molecule has 0 saturated carbocycles. The maximum atomic E-state index is 8.65. The smallest absolute Gasteiger partial charge is 0.0935 e. The summed E-state index contributed by atoms with van der Waals surface area (Å²) in [4.78, 5) is 4.95. The molecule has 5 rings (SSSR count). The van der Waals surface area contributed by atoms with Crippen molar-refractivity contribution in [2.24, 2.45) is 0 Å². The van der Waals surface area contributed by atoms with Crippen LogP contribution in [0.1, 0.15) is 22.5 Å². The summed E-state index contributed by atoms with van der Waals surface area (Å²) in [5.74, 6) is 0. The lowest BCUT2D eigenvalue weighted by Crippen LogP contribution is -2.17. The number of halogens is 1. The normalized spacial score (nSPS) is 12.5. The molecule has 5 heteroatoms. The minimum atomic E-state index is -0.111. The largest absolute Gasteiger partial charge is 0.354 e. The molecule has 2 aromatic carbocycles. The molecule has 0 radical (unpaired) electrons. The van der Waals surface area contributed by atoms with Crippen molar-refractivity contribution in [1.29, 1.82) is 5.41 Å². The maximum absolute atomic E-state index is 8.65. The minimum absolute atomic E-state index is 0.111. The van der Waals surface area contributed by atoms with Crippen LogP contribution in [0.15, 0.2) is 64.7 Å². The van der Waals surface area contributed by atoms with E-state index in [1.807, 2.05) is 24.3 Å². The van der Waals surface area contributed by atoms with E-state index in [2.05, 4.69) is 74.3 Å². The Labute approximate surface area is 185 Å². The molecule has 148 valence electrons. The Hall–Kier alpha value is -3.06. The molecule has 2 aromatic rings. The van der Waals surface area contributed by atoms with E-state index in [1.54, 1.807) is 0 Å². The Morgan fingerprint density at radius 1 is 0.933 bits per heavy atom. The van der Waals surface area contributed by atoms with Crippen LogP contribution in [0.2, 0.25) is 0 Å². The van der Waals surface area contributed by atoms with Crippen molar-refractivity contribution in [1.82, 2.24) is 9.55 Å². The van der Waals surface area contributed by atoms with Crippen LogP contribution in [0.5, 0.6) is 0 Å². The standard InChI is InChI=1S/C25H21IN4/c1-16-3-7-18(8-4-16)28-21-14-22-25(13-20(21)27)30(19-9-5-17(2)6-10-19)24-11-12-26-15-23(24)29-22/h3-15,27-28H,1-2H3. The number of aromatic nitrogens is 2. The van der Waals surface area contributed by atoms with Crippen LogP contribution < -0.4 is 10.7 Å². The van der Waals surface area contributed by atoms with Crippen LogP contribution in [0, 0.1) is 19.3 Å². The number of hydrogen-bond acceptors (Lipinski definition) is 3. The van der Waals surface area contributed by atoms with Crippen LogP contribution in [0.25, 0.3) is 23.2 Å². The van der Waals surface area contributed by atoms with Crippen molar-refractivity contribution >= 4 is 42.2 Å². The number of nitrogens with zero attached hydrogens (tertiary/aromatic N) is 2. The zero-order valence-electron chi connectivity index (χ0n) is 16.8. The van der Waals surface area contributed by atoms with Crippen molar-refractivity contribution < 1.29 is 0 Å². The highest BCUT2D eigenvalue weighted by Crippen LogP contribution is 2.31. The second-order valence-electron chi connectivity index (χ2n) is 7.46. The summed E-state index contributed by atoms with van der Waals surface area (Å²) < 4.78 is 6.75. The SMILES string of the molecule is Cc1ccc(Nc2cc3nc4c(n(-c5ccc(C)cc5)c-3cc2=N)C=CI=C4)cc1. The van der Waals surface area contributed by atoms with Gasteiger partial charge in [-0.2, -0.15) is 0 Å². The molecule has 0 unspecified atom stereocenters. The number of rotatable bonds is 3. The summed E-state index contributed by atoms with van der Waals surface area (Å²) in [7, 11) is 0. The van der Waals surface area contributed by atoms with Gasteiger partial charge in [-0.15, -0.1) is 0 Å². The van der Waals surface area contributed by atoms with Gasteiger partial charge >= 0.3 is 0 Å². The molecule has 0 atom stereocenters. The third-order valence-electron chi connectivity index (χ3n) is 5.18. The fraction of sp³-hybridized carbons (Fsp3) is 0.0800. The van der Waals surface area contributed by atoms with Crippen LogP contribution >= 0.6 is 20.7 Å². The minimum Gasteiger partial charge on any atom is -0.354 e. The van der Waals surface area contributed by atoms with Crippen LogP contribution in [0.3, 0.4) is 0 Å². The fourth-order valence-corrected chi connectivity index (χ4v) is 5.13. The van der Waals surface area contributed by atoms with Crippen molar-refractivity contribution in [3.63, 3.8) is 0 Å². The lowest BCUT2D eigenvalue weighted by molar-refractivity contribution is 0.986. The zero-order valence-corrected chi connectivity index (χ0v) is 18.9. The van der Waals surface area contributed by atoms with Crippen molar-refractivity contribution in [3.05, 3.63) is 92.6 Å². The van der Waals surface area contributed by atoms with Gasteiger partial charge in [-0.05, 0) is 64.4 Å². The molecule has 0 bridgehead atoms. The van der Waals surface area contributed by atoms with Gasteiger partial charge in [-0.1, -0.05) is 56.1 Å². The average molecular weight is 504 g/mol. The highest BCUT2D eigenvalue weighted by molar-refractivity contribution is 14.2. The first-order chi connectivity index (χ1) is 14.6. The average Bonchev–Trinajstić information content (AvgIpc) is 2.75. The number of aryl methyl sites for hydroxylation is 2. The third kappa shape index (κ3) is 3.50. The number of hydrogen-bond donors (Lipinski definition) is 2. The van der Waals surface area contributed by atoms with Gasteiger partial charge in [0.25, 0.3) is 0 Å². The van der Waals surface area contributed by atoms with E-state index in [0.29, 0.717) is 5.36 Å². The van der Waals surface area contributed by atoms with Crippen LogP contribution in [-0.2, 0) is 0 Å². The van der Waals surface area contributed by atoms with E-state index in [9.17, 15) is 0 Å². The van der Waals surface area contributed by atoms with Gasteiger partial charge in [0, 0.05) is 11.4 Å². The summed E-state index contributed by atoms with van der Waals surface area (Å²) in [5.41, 5.74) is 9.18. The molecule has 0 spiro atoms. The number of benzene rings is 3. The molecule has 2 aliphatic heterocycles. The van der Waals surface area contributed by atoms with Crippen molar-refractivity contribution in [2.45, 2.75) is 13.8 Å². The molecule has 0 aromatic heterocycles. The van der Waals surface area contributed by atoms with Crippen LogP contribution in [-0.4, -0.2) is 13.6 Å². The van der Waals surface area contributed by atoms with Crippen molar-refractivity contribution in [2.75, 3.05) is 5.32 Å².